The van der Waals surface area contributed by atoms with Crippen molar-refractivity contribution in [1.29, 1.82) is 0 Å². The van der Waals surface area contributed by atoms with Gasteiger partial charge in [0.05, 0.1) is 29.4 Å². The van der Waals surface area contributed by atoms with Crippen molar-refractivity contribution in [3.05, 3.63) is 58.6 Å². The van der Waals surface area contributed by atoms with Gasteiger partial charge in [0.1, 0.15) is 0 Å². The summed E-state index contributed by atoms with van der Waals surface area (Å²) in [7, 11) is 0. The summed E-state index contributed by atoms with van der Waals surface area (Å²) in [6, 6.07) is 12.2. The molecular formula is C20H19ClN2O5. The molecule has 0 fully saturated rings. The van der Waals surface area contributed by atoms with E-state index in [-0.39, 0.29) is 28.7 Å². The zero-order valence-electron chi connectivity index (χ0n) is 15.2. The molecule has 0 bridgehead atoms. The maximum atomic E-state index is 12.3. The van der Waals surface area contributed by atoms with Crippen molar-refractivity contribution >= 4 is 29.2 Å². The predicted molar refractivity (Wildman–Crippen MR) is 104 cm³/mol. The van der Waals surface area contributed by atoms with Crippen LogP contribution in [0.5, 0.6) is 11.5 Å². The molecule has 0 saturated heterocycles. The van der Waals surface area contributed by atoms with Gasteiger partial charge < -0.3 is 14.6 Å². The quantitative estimate of drug-likeness (QED) is 0.749. The summed E-state index contributed by atoms with van der Waals surface area (Å²) < 4.78 is 10.3. The van der Waals surface area contributed by atoms with Crippen molar-refractivity contribution < 1.29 is 24.2 Å². The number of rotatable bonds is 6. The number of hydrazone groups is 1. The number of esters is 1. The van der Waals surface area contributed by atoms with Gasteiger partial charge in [0.15, 0.2) is 18.1 Å². The van der Waals surface area contributed by atoms with Gasteiger partial charge in [-0.05, 0) is 24.6 Å². The number of ether oxygens (including phenoxy) is 2. The van der Waals surface area contributed by atoms with E-state index in [0.717, 1.165) is 11.3 Å². The maximum Gasteiger partial charge on any atom is 0.338 e. The highest BCUT2D eigenvalue weighted by Gasteiger charge is 2.23. The van der Waals surface area contributed by atoms with E-state index < -0.39 is 18.5 Å². The van der Waals surface area contributed by atoms with Crippen LogP contribution in [0.2, 0.25) is 5.02 Å². The number of nitrogens with zero attached hydrogens (tertiary/aromatic N) is 2. The molecule has 0 spiro atoms. The lowest BCUT2D eigenvalue weighted by atomic mass is 10.1. The second-order valence-corrected chi connectivity index (χ2v) is 6.40. The third-order valence-electron chi connectivity index (χ3n) is 4.09. The Balaban J connectivity index is 1.62. The van der Waals surface area contributed by atoms with Crippen molar-refractivity contribution in [2.45, 2.75) is 13.3 Å². The summed E-state index contributed by atoms with van der Waals surface area (Å²) in [5.74, 6) is -1.35. The molecule has 7 nitrogen and oxygen atoms in total. The van der Waals surface area contributed by atoms with Gasteiger partial charge in [-0.1, -0.05) is 41.9 Å². The molecule has 28 heavy (non-hydrogen) atoms. The first kappa shape index (κ1) is 19.7. The van der Waals surface area contributed by atoms with E-state index in [4.69, 9.17) is 21.1 Å². The highest BCUT2D eigenvalue weighted by Crippen LogP contribution is 2.35. The molecule has 146 valence electrons. The Morgan fingerprint density at radius 2 is 2.00 bits per heavy atom. The van der Waals surface area contributed by atoms with E-state index in [1.165, 1.54) is 17.1 Å². The van der Waals surface area contributed by atoms with Crippen molar-refractivity contribution in [2.75, 3.05) is 19.8 Å². The lowest BCUT2D eigenvalue weighted by molar-refractivity contribution is -0.134. The number of aromatic hydroxyl groups is 1. The summed E-state index contributed by atoms with van der Waals surface area (Å²) in [5.41, 5.74) is 1.85. The fraction of sp³-hybridized carbons (Fsp3) is 0.250. The number of hydrogen-bond acceptors (Lipinski definition) is 6. The Morgan fingerprint density at radius 3 is 2.71 bits per heavy atom. The van der Waals surface area contributed by atoms with E-state index >= 15 is 0 Å². The molecule has 1 N–H and O–H groups in total. The summed E-state index contributed by atoms with van der Waals surface area (Å²) in [6.07, 6.45) is 0.634. The minimum Gasteiger partial charge on any atom is -0.503 e. The smallest absolute Gasteiger partial charge is 0.338 e. The second kappa shape index (κ2) is 8.75. The molecule has 0 unspecified atom stereocenters. The van der Waals surface area contributed by atoms with Gasteiger partial charge in [0.2, 0.25) is 0 Å². The number of benzene rings is 2. The van der Waals surface area contributed by atoms with Crippen LogP contribution in [0.1, 0.15) is 29.3 Å². The molecule has 0 aliphatic carbocycles. The zero-order valence-corrected chi connectivity index (χ0v) is 16.0. The monoisotopic (exact) mass is 402 g/mol. The first-order valence-electron chi connectivity index (χ1n) is 8.75. The standard InChI is InChI=1S/C20H19ClN2O5/c1-2-27-17-11-14(10-15(21)19(17)25)20(26)28-12-18(24)23-9-8-16(22-23)13-6-4-3-5-7-13/h3-7,10-11,25H,2,8-9,12H2,1H3. The van der Waals surface area contributed by atoms with Crippen LogP contribution in [0.3, 0.4) is 0 Å². The van der Waals surface area contributed by atoms with Crippen LogP contribution in [-0.2, 0) is 9.53 Å². The third-order valence-corrected chi connectivity index (χ3v) is 4.38. The van der Waals surface area contributed by atoms with Crippen LogP contribution in [0, 0.1) is 0 Å². The number of amides is 1. The van der Waals surface area contributed by atoms with Crippen LogP contribution in [0.25, 0.3) is 0 Å². The topological polar surface area (TPSA) is 88.4 Å². The van der Waals surface area contributed by atoms with Crippen LogP contribution in [0.4, 0.5) is 0 Å². The van der Waals surface area contributed by atoms with Crippen LogP contribution >= 0.6 is 11.6 Å². The van der Waals surface area contributed by atoms with E-state index in [0.29, 0.717) is 13.0 Å². The number of halogens is 1. The summed E-state index contributed by atoms with van der Waals surface area (Å²) in [4.78, 5) is 24.5. The van der Waals surface area contributed by atoms with Crippen molar-refractivity contribution in [2.24, 2.45) is 5.10 Å². The Bertz CT molecular complexity index is 914. The van der Waals surface area contributed by atoms with E-state index in [2.05, 4.69) is 5.10 Å². The Kier molecular flexibility index (Phi) is 6.16. The predicted octanol–water partition coefficient (Wildman–Crippen LogP) is 3.24. The average molecular weight is 403 g/mol. The third kappa shape index (κ3) is 4.43. The van der Waals surface area contributed by atoms with Crippen LogP contribution in [-0.4, -0.2) is 47.5 Å². The Morgan fingerprint density at radius 1 is 1.25 bits per heavy atom. The van der Waals surface area contributed by atoms with E-state index in [9.17, 15) is 14.7 Å². The van der Waals surface area contributed by atoms with Gasteiger partial charge in [-0.15, -0.1) is 0 Å². The van der Waals surface area contributed by atoms with E-state index in [1.54, 1.807) is 6.92 Å². The van der Waals surface area contributed by atoms with Crippen LogP contribution < -0.4 is 4.74 Å². The fourth-order valence-electron chi connectivity index (χ4n) is 2.71. The average Bonchev–Trinajstić information content (AvgIpc) is 3.20. The fourth-order valence-corrected chi connectivity index (χ4v) is 2.92. The summed E-state index contributed by atoms with van der Waals surface area (Å²) >= 11 is 5.91. The van der Waals surface area contributed by atoms with Gasteiger partial charge in [-0.2, -0.15) is 5.10 Å². The molecule has 0 aromatic heterocycles. The molecule has 8 heteroatoms. The number of carbonyl (C=O) groups is 2. The summed E-state index contributed by atoms with van der Waals surface area (Å²) in [6.45, 7) is 2.00. The van der Waals surface area contributed by atoms with Gasteiger partial charge >= 0.3 is 5.97 Å². The Labute approximate surface area is 167 Å². The summed E-state index contributed by atoms with van der Waals surface area (Å²) in [5, 5.41) is 15.4. The molecule has 0 atom stereocenters. The van der Waals surface area contributed by atoms with Gasteiger partial charge in [-0.3, -0.25) is 4.79 Å². The van der Waals surface area contributed by atoms with Gasteiger partial charge in [0, 0.05) is 6.42 Å². The molecule has 1 aliphatic heterocycles. The van der Waals surface area contributed by atoms with Gasteiger partial charge in [-0.25, -0.2) is 9.80 Å². The molecule has 3 rings (SSSR count). The molecule has 0 saturated carbocycles. The maximum absolute atomic E-state index is 12.3. The molecular weight excluding hydrogens is 384 g/mol. The SMILES string of the molecule is CCOc1cc(C(=O)OCC(=O)N2CCC(c3ccccc3)=N2)cc(Cl)c1O. The highest BCUT2D eigenvalue weighted by atomic mass is 35.5. The minimum absolute atomic E-state index is 0.0409. The second-order valence-electron chi connectivity index (χ2n) is 5.99. The number of carbonyl (C=O) groups excluding carboxylic acids is 2. The first-order chi connectivity index (χ1) is 13.5. The largest absolute Gasteiger partial charge is 0.503 e. The zero-order chi connectivity index (χ0) is 20.1. The number of hydrogen-bond donors (Lipinski definition) is 1. The van der Waals surface area contributed by atoms with Crippen LogP contribution in [0.15, 0.2) is 47.6 Å². The van der Waals surface area contributed by atoms with Gasteiger partial charge in [0.25, 0.3) is 5.91 Å². The molecule has 2 aromatic rings. The van der Waals surface area contributed by atoms with E-state index in [1.807, 2.05) is 30.3 Å². The lowest BCUT2D eigenvalue weighted by Crippen LogP contribution is -2.28. The van der Waals surface area contributed by atoms with Crippen molar-refractivity contribution in [1.82, 2.24) is 5.01 Å². The lowest BCUT2D eigenvalue weighted by Gasteiger charge is -2.12. The first-order valence-corrected chi connectivity index (χ1v) is 9.13. The molecule has 1 heterocycles. The minimum atomic E-state index is -0.748. The molecule has 2 aromatic carbocycles. The van der Waals surface area contributed by atoms with Crippen molar-refractivity contribution in [3.8, 4) is 11.5 Å². The number of phenolic OH excluding ortho intramolecular Hbond substituents is 1. The highest BCUT2D eigenvalue weighted by molar-refractivity contribution is 6.32. The molecule has 1 aliphatic rings. The molecule has 0 radical (unpaired) electrons. The Hall–Kier alpha value is -3.06. The normalized spacial score (nSPS) is 13.2. The van der Waals surface area contributed by atoms with Crippen molar-refractivity contribution in [3.63, 3.8) is 0 Å². The molecule has 1 amide bonds. The number of phenols is 1.